The number of rotatable bonds is 11. The van der Waals surface area contributed by atoms with Crippen molar-refractivity contribution in [2.75, 3.05) is 62.2 Å². The van der Waals surface area contributed by atoms with E-state index in [-0.39, 0.29) is 71.2 Å². The van der Waals surface area contributed by atoms with Gasteiger partial charge in [0.1, 0.15) is 24.3 Å². The third-order valence-corrected chi connectivity index (χ3v) is 17.0. The lowest BCUT2D eigenvalue weighted by Gasteiger charge is -2.43. The van der Waals surface area contributed by atoms with Crippen molar-refractivity contribution in [3.05, 3.63) is 93.4 Å². The van der Waals surface area contributed by atoms with Crippen LogP contribution in [0, 0.1) is 23.2 Å². The van der Waals surface area contributed by atoms with E-state index in [1.807, 2.05) is 21.9 Å². The Bertz CT molecular complexity index is 2920. The van der Waals surface area contributed by atoms with E-state index in [0.717, 1.165) is 99.7 Å². The van der Waals surface area contributed by atoms with Crippen molar-refractivity contribution in [3.8, 4) is 22.9 Å². The number of amidine groups is 1. The number of nitrogens with one attached hydrogen (secondary N) is 1. The van der Waals surface area contributed by atoms with Gasteiger partial charge in [-0.2, -0.15) is 10.4 Å². The van der Waals surface area contributed by atoms with Crippen LogP contribution in [0.5, 0.6) is 5.75 Å². The molecular formula is C55H62ClF2N11O5. The molecule has 0 radical (unpaired) electrons. The Morgan fingerprint density at radius 2 is 1.72 bits per heavy atom. The third-order valence-electron chi connectivity index (χ3n) is 16.7. The number of hydrogen-bond donors (Lipinski definition) is 1. The predicted octanol–water partition coefficient (Wildman–Crippen LogP) is 7.86. The van der Waals surface area contributed by atoms with Crippen LogP contribution in [0.3, 0.4) is 0 Å². The molecule has 2 aromatic heterocycles. The number of benzene rings is 2. The second kappa shape index (κ2) is 20.7. The number of carbonyl (C=O) groups is 3. The molecule has 1 N–H and O–H groups in total. The van der Waals surface area contributed by atoms with Crippen molar-refractivity contribution in [3.63, 3.8) is 0 Å². The van der Waals surface area contributed by atoms with Gasteiger partial charge in [-0.25, -0.2) is 8.78 Å². The van der Waals surface area contributed by atoms with Crippen LogP contribution in [-0.2, 0) is 27.8 Å². The van der Waals surface area contributed by atoms with Gasteiger partial charge in [0.25, 0.3) is 12.3 Å². The molecule has 0 bridgehead atoms. The number of amides is 3. The normalized spacial score (nSPS) is 24.2. The lowest BCUT2D eigenvalue weighted by Crippen LogP contribution is -2.49. The molecule has 2 aliphatic carbocycles. The first-order chi connectivity index (χ1) is 35.8. The van der Waals surface area contributed by atoms with E-state index in [9.17, 15) is 23.2 Å². The highest BCUT2D eigenvalue weighted by molar-refractivity contribution is 6.31. The molecule has 3 amide bonds. The van der Waals surface area contributed by atoms with Crippen molar-refractivity contribution in [1.29, 1.82) is 5.26 Å². The number of aromatic nitrogens is 4. The number of aliphatic imine (C=N–C) groups is 1. The number of carbonyl (C=O) groups excluding carboxylic acids is 3. The molecule has 7 aliphatic rings. The van der Waals surface area contributed by atoms with Gasteiger partial charge < -0.3 is 34.4 Å². The van der Waals surface area contributed by atoms with E-state index in [0.29, 0.717) is 79.1 Å². The van der Waals surface area contributed by atoms with Crippen LogP contribution in [0.1, 0.15) is 111 Å². The average molecular weight is 1030 g/mol. The Labute approximate surface area is 434 Å². The highest BCUT2D eigenvalue weighted by atomic mass is 35.5. The number of anilines is 2. The van der Waals surface area contributed by atoms with Crippen LogP contribution in [-0.4, -0.2) is 130 Å². The minimum Gasteiger partial charge on any atom is -0.490 e. The van der Waals surface area contributed by atoms with Gasteiger partial charge in [0.05, 0.1) is 34.5 Å². The van der Waals surface area contributed by atoms with Gasteiger partial charge in [0, 0.05) is 106 Å². The van der Waals surface area contributed by atoms with E-state index < -0.39 is 6.43 Å². The maximum absolute atomic E-state index is 14.9. The van der Waals surface area contributed by atoms with E-state index in [4.69, 9.17) is 31.3 Å². The van der Waals surface area contributed by atoms with Gasteiger partial charge in [-0.15, -0.1) is 10.2 Å². The van der Waals surface area contributed by atoms with Crippen LogP contribution in [0.4, 0.5) is 20.3 Å². The minimum absolute atomic E-state index is 0.00110. The first kappa shape index (κ1) is 49.7. The highest BCUT2D eigenvalue weighted by Crippen LogP contribution is 2.62. The number of piperidine rings is 2. The highest BCUT2D eigenvalue weighted by Gasteiger charge is 2.64. The van der Waals surface area contributed by atoms with Crippen molar-refractivity contribution in [1.82, 2.24) is 35.1 Å². The second-order valence-corrected chi connectivity index (χ2v) is 21.6. The summed E-state index contributed by atoms with van der Waals surface area (Å²) in [6, 6.07) is 14.3. The number of hydrogen-bond acceptors (Lipinski definition) is 12. The second-order valence-electron chi connectivity index (χ2n) is 21.2. The summed E-state index contributed by atoms with van der Waals surface area (Å²) in [5, 5.41) is 25.5. The number of nitriles is 1. The molecule has 19 heteroatoms. The Kier molecular flexibility index (Phi) is 13.9. The Morgan fingerprint density at radius 3 is 2.41 bits per heavy atom. The molecule has 2 unspecified atom stereocenters. The zero-order chi connectivity index (χ0) is 51.3. The molecule has 5 aliphatic heterocycles. The molecule has 388 valence electrons. The first-order valence-electron chi connectivity index (χ1n) is 26.3. The summed E-state index contributed by atoms with van der Waals surface area (Å²) < 4.78 is 43.7. The zero-order valence-electron chi connectivity index (χ0n) is 41.9. The number of aryl methyl sites for hydroxylation is 2. The fraction of sp³-hybridized carbons (Fsp3) is 0.527. The number of nitrogens with zero attached hydrogens (tertiary/aromatic N) is 10. The summed E-state index contributed by atoms with van der Waals surface area (Å²) in [5.74, 6) is 2.43. The van der Waals surface area contributed by atoms with E-state index in [1.54, 1.807) is 61.4 Å². The summed E-state index contributed by atoms with van der Waals surface area (Å²) in [5.41, 5.74) is 5.69. The monoisotopic (exact) mass is 1030 g/mol. The Balaban J connectivity index is 0.665. The Hall–Kier alpha value is -6.45. The largest absolute Gasteiger partial charge is 0.490 e. The smallest absolute Gasteiger partial charge is 0.272 e. The van der Waals surface area contributed by atoms with E-state index in [2.05, 4.69) is 36.5 Å². The molecule has 0 spiro atoms. The van der Waals surface area contributed by atoms with Gasteiger partial charge in [-0.3, -0.25) is 24.1 Å². The molecule has 16 nitrogen and oxygen atoms in total. The number of fused-ring (bicyclic) bond motifs is 3. The van der Waals surface area contributed by atoms with Crippen LogP contribution < -0.4 is 19.9 Å². The summed E-state index contributed by atoms with van der Waals surface area (Å²) in [6.45, 7) is 6.01. The standard InChI is InChI=1S/C55H62ClF2N11O5/c1-33(70)68-23-17-42-45(31-68)53(69-18-3-4-34-24-43(36-29-60-65(2)30-36)44(52(57)58)26-49(34)69)62-55(27-46(42)55)37-13-19-67(20-14-37)51(71)32-73-39-15-21-66(22-16-39)50-12-11-48(63-64-50)54(72)61-38-6-9-40(10-7-38)74-41-8-5-35(28-59)47(56)25-41/h5,8,11-12,24-26,29-30,37-40,46,52H,3-4,6-7,9-10,13-23,27,31-32H2,1-2H3,(H,61,72). The van der Waals surface area contributed by atoms with Gasteiger partial charge in [0.2, 0.25) is 11.8 Å². The van der Waals surface area contributed by atoms with Crippen molar-refractivity contribution < 1.29 is 32.6 Å². The van der Waals surface area contributed by atoms with Crippen molar-refractivity contribution in [2.45, 2.75) is 114 Å². The molecule has 2 aromatic carbocycles. The molecule has 4 fully saturated rings. The molecule has 4 aromatic rings. The number of dihydropyridines is 1. The molecule has 11 rings (SSSR count). The van der Waals surface area contributed by atoms with E-state index in [1.165, 1.54) is 5.57 Å². The zero-order valence-corrected chi connectivity index (χ0v) is 42.7. The number of ether oxygens (including phenoxy) is 2. The average Bonchev–Trinajstić information content (AvgIpc) is 4.05. The van der Waals surface area contributed by atoms with Crippen molar-refractivity contribution >= 4 is 46.7 Å². The maximum Gasteiger partial charge on any atom is 0.272 e. The SMILES string of the molecule is CC(=O)N1CCC2=C(C1)C(N1CCCc3cc(-c4cnn(C)c4)c(C(F)F)cc31)=NC1(C3CCN(C(=O)COC4CCN(c5ccc(C(=O)NC6CCC(Oc7ccc(C#N)c(Cl)c7)CC6)nn5)CC4)CC3)CC21. The van der Waals surface area contributed by atoms with Crippen LogP contribution in [0.15, 0.2) is 71.0 Å². The molecule has 2 saturated heterocycles. The minimum atomic E-state index is -2.68. The topological polar surface area (TPSA) is 174 Å². The van der Waals surface area contributed by atoms with Gasteiger partial charge >= 0.3 is 0 Å². The summed E-state index contributed by atoms with van der Waals surface area (Å²) in [7, 11) is 1.78. The lowest BCUT2D eigenvalue weighted by molar-refractivity contribution is -0.140. The molecule has 2 atom stereocenters. The van der Waals surface area contributed by atoms with Crippen LogP contribution >= 0.6 is 11.6 Å². The quantitative estimate of drug-likeness (QED) is 0.155. The third kappa shape index (κ3) is 9.97. The fourth-order valence-corrected chi connectivity index (χ4v) is 12.8. The molecule has 74 heavy (non-hydrogen) atoms. The number of halogens is 3. The fourth-order valence-electron chi connectivity index (χ4n) is 12.6. The first-order valence-corrected chi connectivity index (χ1v) is 26.7. The molecule has 2 saturated carbocycles. The van der Waals surface area contributed by atoms with Crippen molar-refractivity contribution in [2.24, 2.45) is 23.9 Å². The number of likely N-dealkylation sites (tertiary alicyclic amines) is 1. The van der Waals surface area contributed by atoms with Crippen LogP contribution in [0.2, 0.25) is 5.02 Å². The predicted molar refractivity (Wildman–Crippen MR) is 274 cm³/mol. The van der Waals surface area contributed by atoms with Gasteiger partial charge in [0.15, 0.2) is 11.5 Å². The molecule has 7 heterocycles. The van der Waals surface area contributed by atoms with Gasteiger partial charge in [-0.05, 0) is 130 Å². The summed E-state index contributed by atoms with van der Waals surface area (Å²) in [4.78, 5) is 53.3. The molecular weight excluding hydrogens is 968 g/mol. The van der Waals surface area contributed by atoms with Gasteiger partial charge in [-0.1, -0.05) is 17.2 Å². The van der Waals surface area contributed by atoms with Crippen LogP contribution in [0.25, 0.3) is 11.1 Å². The lowest BCUT2D eigenvalue weighted by atomic mass is 9.80. The van der Waals surface area contributed by atoms with E-state index >= 15 is 0 Å². The maximum atomic E-state index is 14.9. The summed E-state index contributed by atoms with van der Waals surface area (Å²) >= 11 is 6.17. The summed E-state index contributed by atoms with van der Waals surface area (Å²) in [6.07, 6.45) is 10.1. The number of alkyl halides is 2. The Morgan fingerprint density at radius 1 is 0.919 bits per heavy atom.